The second kappa shape index (κ2) is 5.48. The van der Waals surface area contributed by atoms with Crippen LogP contribution in [0.4, 0.5) is 13.2 Å². The fourth-order valence-corrected chi connectivity index (χ4v) is 2.37. The Kier molecular flexibility index (Phi) is 4.15. The van der Waals surface area contributed by atoms with Gasteiger partial charge in [-0.15, -0.1) is 0 Å². The third-order valence-electron chi connectivity index (χ3n) is 3.71. The SMILES string of the molecule is CC(C)(C)NC(N)=NCC1(c2cccc(C(F)(F)F)c2)CC1. The maximum atomic E-state index is 12.8. The number of guanidine groups is 1. The average Bonchev–Trinajstić information content (AvgIpc) is 3.15. The van der Waals surface area contributed by atoms with E-state index in [1.807, 2.05) is 20.8 Å². The molecule has 0 spiro atoms. The molecule has 3 nitrogen and oxygen atoms in total. The number of hydrogen-bond acceptors (Lipinski definition) is 1. The van der Waals surface area contributed by atoms with E-state index in [0.717, 1.165) is 18.9 Å². The van der Waals surface area contributed by atoms with Crippen molar-refractivity contribution in [2.24, 2.45) is 10.7 Å². The molecule has 2 rings (SSSR count). The van der Waals surface area contributed by atoms with Crippen LogP contribution in [0.25, 0.3) is 0 Å². The van der Waals surface area contributed by atoms with Crippen LogP contribution in [0.2, 0.25) is 0 Å². The molecule has 0 radical (unpaired) electrons. The molecule has 1 aromatic carbocycles. The van der Waals surface area contributed by atoms with Gasteiger partial charge in [0.05, 0.1) is 12.1 Å². The molecule has 0 unspecified atom stereocenters. The topological polar surface area (TPSA) is 50.4 Å². The molecule has 22 heavy (non-hydrogen) atoms. The fourth-order valence-electron chi connectivity index (χ4n) is 2.37. The number of benzene rings is 1. The van der Waals surface area contributed by atoms with Gasteiger partial charge in [-0.3, -0.25) is 4.99 Å². The average molecular weight is 313 g/mol. The summed E-state index contributed by atoms with van der Waals surface area (Å²) in [7, 11) is 0. The van der Waals surface area contributed by atoms with Crippen LogP contribution >= 0.6 is 0 Å². The van der Waals surface area contributed by atoms with Crippen LogP contribution in [-0.4, -0.2) is 18.0 Å². The van der Waals surface area contributed by atoms with Crippen LogP contribution in [0.15, 0.2) is 29.3 Å². The highest BCUT2D eigenvalue weighted by molar-refractivity contribution is 5.78. The molecule has 1 aliphatic rings. The molecule has 0 aliphatic heterocycles. The minimum Gasteiger partial charge on any atom is -0.370 e. The zero-order valence-corrected chi connectivity index (χ0v) is 13.1. The minimum absolute atomic E-state index is 0.194. The molecule has 1 aromatic rings. The number of alkyl halides is 3. The standard InChI is InChI=1S/C16H22F3N3/c1-14(2,3)22-13(20)21-10-15(7-8-15)11-5-4-6-12(9-11)16(17,18)19/h4-6,9H,7-8,10H2,1-3H3,(H3,20,21,22). The van der Waals surface area contributed by atoms with E-state index in [0.29, 0.717) is 18.1 Å². The number of nitrogens with zero attached hydrogens (tertiary/aromatic N) is 1. The van der Waals surface area contributed by atoms with Crippen molar-refractivity contribution in [3.63, 3.8) is 0 Å². The first-order chi connectivity index (χ1) is 10.0. The first-order valence-electron chi connectivity index (χ1n) is 7.28. The predicted octanol–water partition coefficient (Wildman–Crippen LogP) is 3.44. The normalized spacial score (nSPS) is 18.2. The van der Waals surface area contributed by atoms with Crippen molar-refractivity contribution in [2.75, 3.05) is 6.54 Å². The zero-order chi connectivity index (χ0) is 16.6. The number of hydrogen-bond donors (Lipinski definition) is 2. The van der Waals surface area contributed by atoms with Crippen LogP contribution in [0.1, 0.15) is 44.7 Å². The van der Waals surface area contributed by atoms with Crippen molar-refractivity contribution < 1.29 is 13.2 Å². The van der Waals surface area contributed by atoms with Crippen molar-refractivity contribution in [2.45, 2.75) is 50.7 Å². The third kappa shape index (κ3) is 4.15. The van der Waals surface area contributed by atoms with Gasteiger partial charge in [-0.2, -0.15) is 13.2 Å². The second-order valence-electron chi connectivity index (χ2n) is 6.94. The molecule has 0 atom stereocenters. The van der Waals surface area contributed by atoms with E-state index in [2.05, 4.69) is 10.3 Å². The first kappa shape index (κ1) is 16.6. The molecular formula is C16H22F3N3. The second-order valence-corrected chi connectivity index (χ2v) is 6.94. The molecule has 122 valence electrons. The smallest absolute Gasteiger partial charge is 0.370 e. The lowest BCUT2D eigenvalue weighted by Crippen LogP contribution is -2.45. The molecule has 1 saturated carbocycles. The van der Waals surface area contributed by atoms with Gasteiger partial charge >= 0.3 is 6.18 Å². The molecule has 1 aliphatic carbocycles. The summed E-state index contributed by atoms with van der Waals surface area (Å²) >= 11 is 0. The summed E-state index contributed by atoms with van der Waals surface area (Å²) in [5.74, 6) is 0.325. The van der Waals surface area contributed by atoms with Crippen LogP contribution in [0.5, 0.6) is 0 Å². The maximum Gasteiger partial charge on any atom is 0.416 e. The summed E-state index contributed by atoms with van der Waals surface area (Å²) in [6.07, 6.45) is -2.65. The van der Waals surface area contributed by atoms with Crippen LogP contribution in [0.3, 0.4) is 0 Å². The molecule has 0 bridgehead atoms. The number of rotatable bonds is 3. The van der Waals surface area contributed by atoms with Crippen LogP contribution in [-0.2, 0) is 11.6 Å². The van der Waals surface area contributed by atoms with Crippen molar-refractivity contribution in [3.05, 3.63) is 35.4 Å². The Hall–Kier alpha value is -1.72. The number of nitrogens with two attached hydrogens (primary N) is 1. The monoisotopic (exact) mass is 313 g/mol. The summed E-state index contributed by atoms with van der Waals surface area (Å²) < 4.78 is 38.5. The Morgan fingerprint density at radius 1 is 1.27 bits per heavy atom. The fraction of sp³-hybridized carbons (Fsp3) is 0.562. The summed E-state index contributed by atoms with van der Waals surface area (Å²) in [4.78, 5) is 4.31. The third-order valence-corrected chi connectivity index (χ3v) is 3.71. The molecule has 1 fully saturated rings. The predicted molar refractivity (Wildman–Crippen MR) is 81.7 cm³/mol. The summed E-state index contributed by atoms with van der Waals surface area (Å²) in [6, 6.07) is 5.53. The largest absolute Gasteiger partial charge is 0.416 e. The van der Waals surface area contributed by atoms with Crippen LogP contribution in [0, 0.1) is 0 Å². The van der Waals surface area contributed by atoms with Gasteiger partial charge in [-0.05, 0) is 45.2 Å². The Morgan fingerprint density at radius 3 is 2.41 bits per heavy atom. The first-order valence-corrected chi connectivity index (χ1v) is 7.28. The zero-order valence-electron chi connectivity index (χ0n) is 13.1. The maximum absolute atomic E-state index is 12.8. The lowest BCUT2D eigenvalue weighted by Gasteiger charge is -2.22. The van der Waals surface area contributed by atoms with E-state index in [-0.39, 0.29) is 11.0 Å². The molecule has 0 heterocycles. The summed E-state index contributed by atoms with van der Waals surface area (Å²) in [5.41, 5.74) is 5.42. The summed E-state index contributed by atoms with van der Waals surface area (Å²) in [6.45, 7) is 6.31. The van der Waals surface area contributed by atoms with E-state index in [4.69, 9.17) is 5.73 Å². The Bertz CT molecular complexity index is 567. The van der Waals surface area contributed by atoms with Crippen molar-refractivity contribution >= 4 is 5.96 Å². The van der Waals surface area contributed by atoms with Crippen LogP contribution < -0.4 is 11.1 Å². The lowest BCUT2D eigenvalue weighted by atomic mass is 9.94. The highest BCUT2D eigenvalue weighted by Gasteiger charge is 2.45. The van der Waals surface area contributed by atoms with Gasteiger partial charge in [-0.1, -0.05) is 18.2 Å². The molecule has 3 N–H and O–H groups in total. The number of nitrogens with one attached hydrogen (secondary N) is 1. The Morgan fingerprint density at radius 2 is 1.91 bits per heavy atom. The number of halogens is 3. The minimum atomic E-state index is -4.32. The quantitative estimate of drug-likeness (QED) is 0.663. The van der Waals surface area contributed by atoms with Gasteiger partial charge in [0.15, 0.2) is 5.96 Å². The van der Waals surface area contributed by atoms with Gasteiger partial charge in [0, 0.05) is 11.0 Å². The molecule has 6 heteroatoms. The lowest BCUT2D eigenvalue weighted by molar-refractivity contribution is -0.137. The van der Waals surface area contributed by atoms with Gasteiger partial charge in [0.1, 0.15) is 0 Å². The van der Waals surface area contributed by atoms with E-state index in [1.165, 1.54) is 12.1 Å². The van der Waals surface area contributed by atoms with E-state index >= 15 is 0 Å². The number of aliphatic imine (C=N–C) groups is 1. The molecular weight excluding hydrogens is 291 g/mol. The van der Waals surface area contributed by atoms with Crippen molar-refractivity contribution in [3.8, 4) is 0 Å². The van der Waals surface area contributed by atoms with Crippen molar-refractivity contribution in [1.82, 2.24) is 5.32 Å². The summed E-state index contributed by atoms with van der Waals surface area (Å²) in [5, 5.41) is 3.05. The Balaban J connectivity index is 2.14. The highest BCUT2D eigenvalue weighted by atomic mass is 19.4. The highest BCUT2D eigenvalue weighted by Crippen LogP contribution is 2.49. The van der Waals surface area contributed by atoms with E-state index < -0.39 is 11.7 Å². The van der Waals surface area contributed by atoms with Gasteiger partial charge in [-0.25, -0.2) is 0 Å². The molecule has 0 aromatic heterocycles. The molecule has 0 saturated heterocycles. The Labute approximate surface area is 128 Å². The van der Waals surface area contributed by atoms with Gasteiger partial charge < -0.3 is 11.1 Å². The van der Waals surface area contributed by atoms with Gasteiger partial charge in [0.2, 0.25) is 0 Å². The van der Waals surface area contributed by atoms with Gasteiger partial charge in [0.25, 0.3) is 0 Å². The van der Waals surface area contributed by atoms with E-state index in [1.54, 1.807) is 6.07 Å². The van der Waals surface area contributed by atoms with Crippen molar-refractivity contribution in [1.29, 1.82) is 0 Å². The molecule has 0 amide bonds. The van der Waals surface area contributed by atoms with E-state index in [9.17, 15) is 13.2 Å².